The average Bonchev–Trinajstić information content (AvgIpc) is 2.85. The molecule has 2 N–H and O–H groups in total. The summed E-state index contributed by atoms with van der Waals surface area (Å²) < 4.78 is 10.9. The predicted molar refractivity (Wildman–Crippen MR) is 133 cm³/mol. The highest BCUT2D eigenvalue weighted by atomic mass is 35.5. The number of amides is 1. The molecule has 0 fully saturated rings. The van der Waals surface area contributed by atoms with Crippen LogP contribution >= 0.6 is 23.2 Å². The summed E-state index contributed by atoms with van der Waals surface area (Å²) in [6, 6.07) is 20.3. The van der Waals surface area contributed by atoms with Crippen molar-refractivity contribution in [1.82, 2.24) is 10.6 Å². The maximum Gasteiger partial charge on any atom is 0.241 e. The predicted octanol–water partition coefficient (Wildman–Crippen LogP) is 5.76. The Morgan fingerprint density at radius 3 is 2.24 bits per heavy atom. The fraction of sp³-hybridized carbons (Fsp3) is 0.269. The summed E-state index contributed by atoms with van der Waals surface area (Å²) in [4.78, 5) is 12.8. The standard InChI is InChI=1S/C26H28Cl2N2O3/c1-29-26(31)24(18-7-5-4-6-8-18)30-21(15-11-17-9-12-19(27)13-10-17)20-14-16-22(32-2)25(33-3)23(20)28/h4-10,12-14,16,21,24,30H,11,15H2,1-3H3,(H,29,31)/t21-,24-/m0/s1. The Kier molecular flexibility index (Phi) is 9.01. The van der Waals surface area contributed by atoms with Crippen LogP contribution in [0.2, 0.25) is 10.0 Å². The minimum Gasteiger partial charge on any atom is -0.493 e. The van der Waals surface area contributed by atoms with Crippen LogP contribution in [-0.4, -0.2) is 27.2 Å². The fourth-order valence-electron chi connectivity index (χ4n) is 3.78. The molecule has 0 aliphatic carbocycles. The van der Waals surface area contributed by atoms with Crippen LogP contribution in [0.1, 0.15) is 35.2 Å². The number of methoxy groups -OCH3 is 2. The van der Waals surface area contributed by atoms with E-state index in [1.165, 1.54) is 0 Å². The van der Waals surface area contributed by atoms with Crippen molar-refractivity contribution in [3.8, 4) is 11.5 Å². The minimum absolute atomic E-state index is 0.130. The zero-order chi connectivity index (χ0) is 23.8. The van der Waals surface area contributed by atoms with Gasteiger partial charge in [0, 0.05) is 18.1 Å². The third-order valence-corrected chi connectivity index (χ3v) is 6.18. The van der Waals surface area contributed by atoms with E-state index >= 15 is 0 Å². The number of rotatable bonds is 10. The van der Waals surface area contributed by atoms with E-state index < -0.39 is 6.04 Å². The van der Waals surface area contributed by atoms with Gasteiger partial charge in [0.15, 0.2) is 11.5 Å². The lowest BCUT2D eigenvalue weighted by atomic mass is 9.96. The van der Waals surface area contributed by atoms with Crippen LogP contribution in [0.3, 0.4) is 0 Å². The Labute approximate surface area is 205 Å². The number of benzene rings is 3. The van der Waals surface area contributed by atoms with Crippen LogP contribution in [0.4, 0.5) is 0 Å². The summed E-state index contributed by atoms with van der Waals surface area (Å²) in [6.45, 7) is 0. The molecule has 0 spiro atoms. The number of ether oxygens (including phenoxy) is 2. The Morgan fingerprint density at radius 2 is 1.64 bits per heavy atom. The van der Waals surface area contributed by atoms with Crippen LogP contribution < -0.4 is 20.1 Å². The first-order valence-corrected chi connectivity index (χ1v) is 11.4. The summed E-state index contributed by atoms with van der Waals surface area (Å²) in [5, 5.41) is 7.44. The lowest BCUT2D eigenvalue weighted by molar-refractivity contribution is -0.123. The SMILES string of the molecule is CNC(=O)[C@@H](N[C@@H](CCc1ccc(Cl)cc1)c1ccc(OC)c(OC)c1Cl)c1ccccc1. The minimum atomic E-state index is -0.560. The quantitative estimate of drug-likeness (QED) is 0.382. The van der Waals surface area contributed by atoms with Crippen molar-refractivity contribution in [2.75, 3.05) is 21.3 Å². The van der Waals surface area contributed by atoms with Gasteiger partial charge in [-0.1, -0.05) is 71.7 Å². The highest BCUT2D eigenvalue weighted by Gasteiger charge is 2.27. The van der Waals surface area contributed by atoms with Gasteiger partial charge in [-0.05, 0) is 47.7 Å². The highest BCUT2D eigenvalue weighted by Crippen LogP contribution is 2.41. The van der Waals surface area contributed by atoms with E-state index in [4.69, 9.17) is 32.7 Å². The van der Waals surface area contributed by atoms with Gasteiger partial charge in [0.25, 0.3) is 0 Å². The Balaban J connectivity index is 1.99. The van der Waals surface area contributed by atoms with Crippen molar-refractivity contribution in [2.45, 2.75) is 24.9 Å². The highest BCUT2D eigenvalue weighted by molar-refractivity contribution is 6.33. The molecule has 7 heteroatoms. The fourth-order valence-corrected chi connectivity index (χ4v) is 4.27. The van der Waals surface area contributed by atoms with Crippen molar-refractivity contribution in [2.24, 2.45) is 0 Å². The van der Waals surface area contributed by atoms with Crippen molar-refractivity contribution in [3.63, 3.8) is 0 Å². The monoisotopic (exact) mass is 486 g/mol. The number of hydrogen-bond donors (Lipinski definition) is 2. The van der Waals surface area contributed by atoms with Crippen LogP contribution in [-0.2, 0) is 11.2 Å². The zero-order valence-corrected chi connectivity index (χ0v) is 20.4. The second-order valence-corrected chi connectivity index (χ2v) is 8.36. The Hall–Kier alpha value is -2.73. The third-order valence-electron chi connectivity index (χ3n) is 5.53. The molecule has 0 aliphatic heterocycles. The Morgan fingerprint density at radius 1 is 0.939 bits per heavy atom. The van der Waals surface area contributed by atoms with E-state index in [1.807, 2.05) is 66.7 Å². The van der Waals surface area contributed by atoms with E-state index in [-0.39, 0.29) is 11.9 Å². The van der Waals surface area contributed by atoms with Crippen molar-refractivity contribution >= 4 is 29.1 Å². The second kappa shape index (κ2) is 11.9. The van der Waals surface area contributed by atoms with E-state index in [1.54, 1.807) is 21.3 Å². The first-order valence-electron chi connectivity index (χ1n) is 10.7. The largest absolute Gasteiger partial charge is 0.493 e. The molecule has 0 bridgehead atoms. The summed E-state index contributed by atoms with van der Waals surface area (Å²) in [7, 11) is 4.76. The maximum atomic E-state index is 12.8. The van der Waals surface area contributed by atoms with E-state index in [2.05, 4.69) is 10.6 Å². The molecule has 0 unspecified atom stereocenters. The third kappa shape index (κ3) is 6.20. The van der Waals surface area contributed by atoms with E-state index in [0.717, 1.165) is 23.1 Å². The molecule has 5 nitrogen and oxygen atoms in total. The molecule has 0 saturated carbocycles. The number of halogens is 2. The van der Waals surface area contributed by atoms with Gasteiger partial charge in [0.1, 0.15) is 6.04 Å². The van der Waals surface area contributed by atoms with Crippen molar-refractivity contribution in [3.05, 3.63) is 93.5 Å². The van der Waals surface area contributed by atoms with E-state index in [9.17, 15) is 4.79 Å². The van der Waals surface area contributed by atoms with Gasteiger partial charge in [0.05, 0.1) is 19.2 Å². The molecule has 33 heavy (non-hydrogen) atoms. The molecule has 3 rings (SSSR count). The summed E-state index contributed by atoms with van der Waals surface area (Å²) >= 11 is 12.8. The first kappa shape index (κ1) is 24.9. The normalized spacial score (nSPS) is 12.6. The lowest BCUT2D eigenvalue weighted by Gasteiger charge is -2.27. The van der Waals surface area contributed by atoms with Gasteiger partial charge in [-0.2, -0.15) is 0 Å². The van der Waals surface area contributed by atoms with Crippen LogP contribution in [0, 0.1) is 0 Å². The Bertz CT molecular complexity index is 1060. The topological polar surface area (TPSA) is 59.6 Å². The first-order chi connectivity index (χ1) is 16.0. The molecule has 0 radical (unpaired) electrons. The summed E-state index contributed by atoms with van der Waals surface area (Å²) in [5.41, 5.74) is 2.83. The molecule has 2 atom stereocenters. The number of aryl methyl sites for hydroxylation is 1. The molecular weight excluding hydrogens is 459 g/mol. The molecule has 0 saturated heterocycles. The number of hydrogen-bond acceptors (Lipinski definition) is 4. The molecular formula is C26H28Cl2N2O3. The van der Waals surface area contributed by atoms with Gasteiger partial charge in [-0.25, -0.2) is 0 Å². The van der Waals surface area contributed by atoms with E-state index in [0.29, 0.717) is 28.0 Å². The summed E-state index contributed by atoms with van der Waals surface area (Å²) in [5.74, 6) is 0.883. The van der Waals surface area contributed by atoms with Gasteiger partial charge in [0.2, 0.25) is 5.91 Å². The summed E-state index contributed by atoms with van der Waals surface area (Å²) in [6.07, 6.45) is 1.45. The maximum absolute atomic E-state index is 12.8. The molecule has 3 aromatic carbocycles. The van der Waals surface area contributed by atoms with Crippen LogP contribution in [0.15, 0.2) is 66.7 Å². The van der Waals surface area contributed by atoms with Gasteiger partial charge in [-0.15, -0.1) is 0 Å². The van der Waals surface area contributed by atoms with Crippen LogP contribution in [0.5, 0.6) is 11.5 Å². The molecule has 174 valence electrons. The van der Waals surface area contributed by atoms with Crippen LogP contribution in [0.25, 0.3) is 0 Å². The lowest BCUT2D eigenvalue weighted by Crippen LogP contribution is -2.38. The van der Waals surface area contributed by atoms with Crippen molar-refractivity contribution in [1.29, 1.82) is 0 Å². The molecule has 0 aliphatic rings. The van der Waals surface area contributed by atoms with Gasteiger partial charge >= 0.3 is 0 Å². The number of nitrogens with one attached hydrogen (secondary N) is 2. The smallest absolute Gasteiger partial charge is 0.241 e. The molecule has 0 heterocycles. The number of carbonyl (C=O) groups excluding carboxylic acids is 1. The number of likely N-dealkylation sites (N-methyl/N-ethyl adjacent to an activating group) is 1. The van der Waals surface area contributed by atoms with Crippen molar-refractivity contribution < 1.29 is 14.3 Å². The number of carbonyl (C=O) groups is 1. The molecule has 0 aromatic heterocycles. The second-order valence-electron chi connectivity index (χ2n) is 7.55. The molecule has 1 amide bonds. The van der Waals surface area contributed by atoms with Gasteiger partial charge in [-0.3, -0.25) is 10.1 Å². The zero-order valence-electron chi connectivity index (χ0n) is 18.9. The molecule has 3 aromatic rings. The average molecular weight is 487 g/mol. The van der Waals surface area contributed by atoms with Gasteiger partial charge < -0.3 is 14.8 Å².